The van der Waals surface area contributed by atoms with Crippen molar-refractivity contribution in [2.24, 2.45) is 5.73 Å². The van der Waals surface area contributed by atoms with E-state index in [9.17, 15) is 9.59 Å². The molecule has 1 aromatic heterocycles. The third-order valence-electron chi connectivity index (χ3n) is 3.49. The van der Waals surface area contributed by atoms with E-state index in [-0.39, 0.29) is 18.4 Å². The quantitative estimate of drug-likeness (QED) is 0.868. The van der Waals surface area contributed by atoms with Gasteiger partial charge in [-0.25, -0.2) is 0 Å². The molecule has 1 aliphatic rings. The van der Waals surface area contributed by atoms with Gasteiger partial charge < -0.3 is 20.3 Å². The number of amides is 2. The van der Waals surface area contributed by atoms with Gasteiger partial charge in [0.05, 0.1) is 11.5 Å². The maximum Gasteiger partial charge on any atom is 0.264 e. The van der Waals surface area contributed by atoms with Crippen molar-refractivity contribution in [1.82, 2.24) is 9.80 Å². The van der Waals surface area contributed by atoms with E-state index in [2.05, 4.69) is 0 Å². The average Bonchev–Trinajstić information content (AvgIpc) is 2.92. The van der Waals surface area contributed by atoms with Gasteiger partial charge in [-0.05, 0) is 19.1 Å². The Morgan fingerprint density at radius 2 is 1.90 bits per heavy atom. The van der Waals surface area contributed by atoms with Crippen molar-refractivity contribution in [2.45, 2.75) is 13.0 Å². The van der Waals surface area contributed by atoms with Gasteiger partial charge in [0.25, 0.3) is 5.91 Å². The highest BCUT2D eigenvalue weighted by atomic mass is 32.1. The lowest BCUT2D eigenvalue weighted by Gasteiger charge is -2.35. The number of aryl methyl sites for hydroxylation is 1. The van der Waals surface area contributed by atoms with Crippen LogP contribution in [0, 0.1) is 6.92 Å². The van der Waals surface area contributed by atoms with E-state index < -0.39 is 6.04 Å². The molecule has 2 heterocycles. The number of hydrogen-bond acceptors (Lipinski definition) is 5. The van der Waals surface area contributed by atoms with Crippen LogP contribution in [0.1, 0.15) is 14.5 Å². The summed E-state index contributed by atoms with van der Waals surface area (Å²) in [5.74, 6) is -0.0719. The van der Waals surface area contributed by atoms with Gasteiger partial charge in [0.1, 0.15) is 6.04 Å². The van der Waals surface area contributed by atoms with Crippen molar-refractivity contribution in [3.05, 3.63) is 21.9 Å². The SMILES string of the molecule is COCC(N)C(=O)N1CCN(C(=O)c2ccc(C)s2)CC1. The second-order valence-electron chi connectivity index (χ2n) is 5.09. The minimum absolute atomic E-state index is 0.0430. The van der Waals surface area contributed by atoms with E-state index >= 15 is 0 Å². The first-order valence-corrected chi connectivity index (χ1v) is 7.73. The number of methoxy groups -OCH3 is 1. The fourth-order valence-electron chi connectivity index (χ4n) is 2.32. The van der Waals surface area contributed by atoms with Crippen LogP contribution in [0.5, 0.6) is 0 Å². The average molecular weight is 311 g/mol. The number of nitrogens with zero attached hydrogens (tertiary/aromatic N) is 2. The molecular formula is C14H21N3O3S. The molecule has 2 rings (SSSR count). The maximum absolute atomic E-state index is 12.3. The monoisotopic (exact) mass is 311 g/mol. The normalized spacial score (nSPS) is 16.9. The minimum Gasteiger partial charge on any atom is -0.383 e. The van der Waals surface area contributed by atoms with Crippen molar-refractivity contribution >= 4 is 23.2 Å². The predicted octanol–water partition coefficient (Wildman–Crippen LogP) is 0.315. The van der Waals surface area contributed by atoms with Gasteiger partial charge >= 0.3 is 0 Å². The van der Waals surface area contributed by atoms with Crippen LogP contribution in [0.4, 0.5) is 0 Å². The molecule has 2 N–H and O–H groups in total. The van der Waals surface area contributed by atoms with Gasteiger partial charge in [0.15, 0.2) is 0 Å². The standard InChI is InChI=1S/C14H21N3O3S/c1-10-3-4-12(21-10)14(19)17-7-5-16(6-8-17)13(18)11(15)9-20-2/h3-4,11H,5-9,15H2,1-2H3. The molecule has 116 valence electrons. The van der Waals surface area contributed by atoms with Crippen LogP contribution < -0.4 is 5.73 Å². The first-order valence-electron chi connectivity index (χ1n) is 6.92. The summed E-state index contributed by atoms with van der Waals surface area (Å²) in [7, 11) is 1.52. The molecular weight excluding hydrogens is 290 g/mol. The highest BCUT2D eigenvalue weighted by molar-refractivity contribution is 7.13. The van der Waals surface area contributed by atoms with E-state index in [0.717, 1.165) is 9.75 Å². The molecule has 1 unspecified atom stereocenters. The molecule has 0 radical (unpaired) electrons. The van der Waals surface area contributed by atoms with Crippen molar-refractivity contribution in [1.29, 1.82) is 0 Å². The molecule has 6 nitrogen and oxygen atoms in total. The zero-order chi connectivity index (χ0) is 15.4. The molecule has 0 saturated carbocycles. The summed E-state index contributed by atoms with van der Waals surface area (Å²) in [6, 6.07) is 3.17. The summed E-state index contributed by atoms with van der Waals surface area (Å²) in [6.07, 6.45) is 0. The van der Waals surface area contributed by atoms with Gasteiger partial charge in [0, 0.05) is 38.2 Å². The van der Waals surface area contributed by atoms with E-state index in [1.54, 1.807) is 9.80 Å². The number of rotatable bonds is 4. The number of nitrogens with two attached hydrogens (primary N) is 1. The lowest BCUT2D eigenvalue weighted by molar-refractivity contribution is -0.135. The molecule has 1 aromatic rings. The smallest absolute Gasteiger partial charge is 0.264 e. The maximum atomic E-state index is 12.3. The number of carbonyl (C=O) groups excluding carboxylic acids is 2. The third kappa shape index (κ3) is 3.81. The summed E-state index contributed by atoms with van der Waals surface area (Å²) in [5.41, 5.74) is 5.75. The van der Waals surface area contributed by atoms with Gasteiger partial charge in [-0.1, -0.05) is 0 Å². The highest BCUT2D eigenvalue weighted by Gasteiger charge is 2.27. The Bertz CT molecular complexity index is 509. The Morgan fingerprint density at radius 3 is 2.43 bits per heavy atom. The molecule has 0 bridgehead atoms. The van der Waals surface area contributed by atoms with Crippen LogP contribution in [0.3, 0.4) is 0 Å². The van der Waals surface area contributed by atoms with Gasteiger partial charge in [-0.2, -0.15) is 0 Å². The molecule has 2 amide bonds. The van der Waals surface area contributed by atoms with Crippen LogP contribution in [0.25, 0.3) is 0 Å². The van der Waals surface area contributed by atoms with Crippen LogP contribution in [-0.4, -0.2) is 67.6 Å². The van der Waals surface area contributed by atoms with Crippen molar-refractivity contribution in [2.75, 3.05) is 39.9 Å². The Hall–Kier alpha value is -1.44. The van der Waals surface area contributed by atoms with Crippen LogP contribution in [-0.2, 0) is 9.53 Å². The second kappa shape index (κ2) is 7.02. The fraction of sp³-hybridized carbons (Fsp3) is 0.571. The Balaban J connectivity index is 1.88. The third-order valence-corrected chi connectivity index (χ3v) is 4.48. The Labute approximate surface area is 128 Å². The molecule has 0 aromatic carbocycles. The molecule has 1 aliphatic heterocycles. The highest BCUT2D eigenvalue weighted by Crippen LogP contribution is 2.18. The summed E-state index contributed by atoms with van der Waals surface area (Å²) in [5, 5.41) is 0. The van der Waals surface area contributed by atoms with Crippen LogP contribution >= 0.6 is 11.3 Å². The molecule has 1 atom stereocenters. The minimum atomic E-state index is -0.628. The molecule has 21 heavy (non-hydrogen) atoms. The lowest BCUT2D eigenvalue weighted by atomic mass is 10.2. The predicted molar refractivity (Wildman–Crippen MR) is 81.4 cm³/mol. The first-order chi connectivity index (χ1) is 10.0. The Kier molecular flexibility index (Phi) is 5.33. The zero-order valence-electron chi connectivity index (χ0n) is 12.4. The lowest BCUT2D eigenvalue weighted by Crippen LogP contribution is -2.55. The van der Waals surface area contributed by atoms with Gasteiger partial charge in [-0.3, -0.25) is 9.59 Å². The number of ether oxygens (including phenoxy) is 1. The zero-order valence-corrected chi connectivity index (χ0v) is 13.2. The fourth-order valence-corrected chi connectivity index (χ4v) is 3.16. The van der Waals surface area contributed by atoms with Gasteiger partial charge in [-0.15, -0.1) is 11.3 Å². The van der Waals surface area contributed by atoms with Crippen molar-refractivity contribution in [3.8, 4) is 0 Å². The summed E-state index contributed by atoms with van der Waals surface area (Å²) in [6.45, 7) is 4.32. The number of piperazine rings is 1. The largest absolute Gasteiger partial charge is 0.383 e. The molecule has 7 heteroatoms. The van der Waals surface area contributed by atoms with E-state index in [4.69, 9.17) is 10.5 Å². The van der Waals surface area contributed by atoms with E-state index in [0.29, 0.717) is 26.2 Å². The van der Waals surface area contributed by atoms with Gasteiger partial charge in [0.2, 0.25) is 5.91 Å². The summed E-state index contributed by atoms with van der Waals surface area (Å²) in [4.78, 5) is 29.7. The number of thiophene rings is 1. The number of hydrogen-bond donors (Lipinski definition) is 1. The summed E-state index contributed by atoms with van der Waals surface area (Å²) < 4.78 is 4.90. The topological polar surface area (TPSA) is 75.9 Å². The molecule has 0 spiro atoms. The van der Waals surface area contributed by atoms with Crippen LogP contribution in [0.2, 0.25) is 0 Å². The molecule has 0 aliphatic carbocycles. The Morgan fingerprint density at radius 1 is 1.29 bits per heavy atom. The van der Waals surface area contributed by atoms with Crippen LogP contribution in [0.15, 0.2) is 12.1 Å². The van der Waals surface area contributed by atoms with E-state index in [1.165, 1.54) is 18.4 Å². The second-order valence-corrected chi connectivity index (χ2v) is 6.38. The molecule has 1 saturated heterocycles. The van der Waals surface area contributed by atoms with Crippen molar-refractivity contribution < 1.29 is 14.3 Å². The van der Waals surface area contributed by atoms with E-state index in [1.807, 2.05) is 19.1 Å². The summed E-state index contributed by atoms with van der Waals surface area (Å²) >= 11 is 1.50. The van der Waals surface area contributed by atoms with Crippen molar-refractivity contribution in [3.63, 3.8) is 0 Å². The number of carbonyl (C=O) groups is 2. The molecule has 1 fully saturated rings. The first kappa shape index (κ1) is 15.9.